The van der Waals surface area contributed by atoms with E-state index >= 15 is 0 Å². The molecule has 2 rings (SSSR count). The lowest BCUT2D eigenvalue weighted by Gasteiger charge is -2.41. The highest BCUT2D eigenvalue weighted by Gasteiger charge is 2.51. The van der Waals surface area contributed by atoms with Gasteiger partial charge in [0.25, 0.3) is 0 Å². The Morgan fingerprint density at radius 3 is 2.32 bits per heavy atom. The molecule has 0 N–H and O–H groups in total. The number of ketones is 1. The first kappa shape index (κ1) is 17.1. The van der Waals surface area contributed by atoms with Crippen molar-refractivity contribution in [3.63, 3.8) is 0 Å². The number of carbonyl (C=O) groups is 2. The smallest absolute Gasteiger partial charge is 0.410 e. The van der Waals surface area contributed by atoms with E-state index in [4.69, 9.17) is 4.74 Å². The van der Waals surface area contributed by atoms with Gasteiger partial charge in [0.05, 0.1) is 0 Å². The molecule has 7 heteroatoms. The van der Waals surface area contributed by atoms with Crippen LogP contribution in [0, 0.1) is 5.92 Å². The van der Waals surface area contributed by atoms with Crippen LogP contribution in [0.2, 0.25) is 0 Å². The third kappa shape index (κ3) is 3.73. The minimum atomic E-state index is -4.55. The lowest BCUT2D eigenvalue weighted by molar-refractivity contribution is -0.183. The van der Waals surface area contributed by atoms with E-state index in [1.165, 1.54) is 4.90 Å². The van der Waals surface area contributed by atoms with E-state index in [9.17, 15) is 22.8 Å². The third-order valence-corrected chi connectivity index (χ3v) is 4.19. The predicted octanol–water partition coefficient (Wildman–Crippen LogP) is 3.69. The molecular weight excluding hydrogens is 299 g/mol. The maximum absolute atomic E-state index is 13.1. The molecular formula is C15H22F3NO3. The molecule has 0 saturated carbocycles. The third-order valence-electron chi connectivity index (χ3n) is 4.19. The number of fused-ring (bicyclic) bond motifs is 2. The largest absolute Gasteiger partial charge is 0.444 e. The Bertz CT molecular complexity index is 456. The predicted molar refractivity (Wildman–Crippen MR) is 73.3 cm³/mol. The standard InChI is InChI=1S/C15H22F3NO3/c1-14(2,3)22-13(21)19-9-5-4-6-10(19)8-12(20)11(7-9)15(16,17)18/h9-11H,4-8H2,1-3H3. The second-order valence-electron chi connectivity index (χ2n) is 7.13. The van der Waals surface area contributed by atoms with E-state index in [1.54, 1.807) is 20.8 Å². The van der Waals surface area contributed by atoms with Gasteiger partial charge in [-0.2, -0.15) is 13.2 Å². The highest BCUT2D eigenvalue weighted by Crippen LogP contribution is 2.40. The average molecular weight is 321 g/mol. The van der Waals surface area contributed by atoms with Crippen molar-refractivity contribution in [2.24, 2.45) is 5.92 Å². The summed E-state index contributed by atoms with van der Waals surface area (Å²) in [7, 11) is 0. The highest BCUT2D eigenvalue weighted by atomic mass is 19.4. The Balaban J connectivity index is 2.25. The van der Waals surface area contributed by atoms with Crippen molar-refractivity contribution >= 4 is 11.9 Å². The zero-order valence-electron chi connectivity index (χ0n) is 13.1. The van der Waals surface area contributed by atoms with Gasteiger partial charge in [-0.1, -0.05) is 0 Å². The van der Waals surface area contributed by atoms with E-state index in [0.717, 1.165) is 6.42 Å². The quantitative estimate of drug-likeness (QED) is 0.683. The van der Waals surface area contributed by atoms with Gasteiger partial charge in [0.1, 0.15) is 17.3 Å². The maximum atomic E-state index is 13.1. The van der Waals surface area contributed by atoms with Crippen LogP contribution in [0.25, 0.3) is 0 Å². The summed E-state index contributed by atoms with van der Waals surface area (Å²) in [6, 6.07) is -1.06. The molecule has 22 heavy (non-hydrogen) atoms. The number of ether oxygens (including phenoxy) is 1. The zero-order chi connectivity index (χ0) is 16.7. The molecule has 2 bridgehead atoms. The summed E-state index contributed by atoms with van der Waals surface area (Å²) in [5.41, 5.74) is -0.717. The Kier molecular flexibility index (Phi) is 4.46. The molecule has 2 fully saturated rings. The van der Waals surface area contributed by atoms with Crippen molar-refractivity contribution < 1.29 is 27.5 Å². The number of carbonyl (C=O) groups excluding carboxylic acids is 2. The molecule has 0 radical (unpaired) electrons. The van der Waals surface area contributed by atoms with Crippen molar-refractivity contribution in [2.45, 2.75) is 76.7 Å². The zero-order valence-corrected chi connectivity index (χ0v) is 13.1. The Morgan fingerprint density at radius 2 is 1.77 bits per heavy atom. The normalized spacial score (nSPS) is 30.0. The van der Waals surface area contributed by atoms with E-state index < -0.39 is 41.7 Å². The molecule has 2 aliphatic heterocycles. The fourth-order valence-electron chi connectivity index (χ4n) is 3.30. The van der Waals surface area contributed by atoms with Gasteiger partial charge in [-0.05, 0) is 46.5 Å². The van der Waals surface area contributed by atoms with Crippen LogP contribution in [0.15, 0.2) is 0 Å². The maximum Gasteiger partial charge on any atom is 0.410 e. The summed E-state index contributed by atoms with van der Waals surface area (Å²) >= 11 is 0. The summed E-state index contributed by atoms with van der Waals surface area (Å²) in [5.74, 6) is -2.78. The van der Waals surface area contributed by atoms with Crippen LogP contribution >= 0.6 is 0 Å². The molecule has 126 valence electrons. The molecule has 2 saturated heterocycles. The minimum absolute atomic E-state index is 0.236. The molecule has 0 aromatic carbocycles. The summed E-state index contributed by atoms with van der Waals surface area (Å²) in [4.78, 5) is 25.7. The topological polar surface area (TPSA) is 46.6 Å². The number of piperidine rings is 1. The molecule has 0 aliphatic carbocycles. The molecule has 0 spiro atoms. The number of halogens is 3. The first-order chi connectivity index (χ1) is 9.99. The summed E-state index contributed by atoms with van der Waals surface area (Å²) in [6.45, 7) is 5.13. The fourth-order valence-corrected chi connectivity index (χ4v) is 3.30. The van der Waals surface area contributed by atoms with Gasteiger partial charge in [0.15, 0.2) is 0 Å². The molecule has 0 aromatic heterocycles. The Hall–Kier alpha value is -1.27. The number of rotatable bonds is 0. The van der Waals surface area contributed by atoms with E-state index in [0.29, 0.717) is 12.8 Å². The molecule has 4 nitrogen and oxygen atoms in total. The van der Waals surface area contributed by atoms with Gasteiger partial charge in [-0.25, -0.2) is 4.79 Å². The molecule has 2 aliphatic rings. The van der Waals surface area contributed by atoms with Crippen molar-refractivity contribution in [1.82, 2.24) is 4.90 Å². The Morgan fingerprint density at radius 1 is 1.18 bits per heavy atom. The van der Waals surface area contributed by atoms with Crippen LogP contribution in [0.4, 0.5) is 18.0 Å². The SMILES string of the molecule is CC(C)(C)OC(=O)N1C2CCCC1CC(C(F)(F)F)C(=O)C2. The monoisotopic (exact) mass is 321 g/mol. The van der Waals surface area contributed by atoms with Crippen LogP contribution in [-0.2, 0) is 9.53 Å². The van der Waals surface area contributed by atoms with E-state index in [2.05, 4.69) is 0 Å². The first-order valence-corrected chi connectivity index (χ1v) is 7.60. The van der Waals surface area contributed by atoms with E-state index in [-0.39, 0.29) is 12.8 Å². The van der Waals surface area contributed by atoms with Crippen LogP contribution in [0.3, 0.4) is 0 Å². The lowest BCUT2D eigenvalue weighted by atomic mass is 9.93. The van der Waals surface area contributed by atoms with Gasteiger partial charge in [0.2, 0.25) is 0 Å². The molecule has 3 atom stereocenters. The first-order valence-electron chi connectivity index (χ1n) is 7.60. The van der Waals surface area contributed by atoms with Crippen molar-refractivity contribution in [1.29, 1.82) is 0 Å². The fraction of sp³-hybridized carbons (Fsp3) is 0.867. The number of nitrogens with zero attached hydrogens (tertiary/aromatic N) is 1. The number of hydrogen-bond donors (Lipinski definition) is 0. The number of hydrogen-bond acceptors (Lipinski definition) is 3. The van der Waals surface area contributed by atoms with Gasteiger partial charge in [-0.15, -0.1) is 0 Å². The number of Topliss-reactive ketones (excluding diaryl/α,β-unsaturated/α-hetero) is 1. The van der Waals surface area contributed by atoms with Crippen molar-refractivity contribution in [2.75, 3.05) is 0 Å². The van der Waals surface area contributed by atoms with Crippen molar-refractivity contribution in [3.05, 3.63) is 0 Å². The van der Waals surface area contributed by atoms with E-state index in [1.807, 2.05) is 0 Å². The van der Waals surface area contributed by atoms with Gasteiger partial charge >= 0.3 is 12.3 Å². The molecule has 1 amide bonds. The summed E-state index contributed by atoms with van der Waals surface area (Å²) in [5, 5.41) is 0. The molecule has 3 unspecified atom stereocenters. The van der Waals surface area contributed by atoms with Gasteiger partial charge in [0, 0.05) is 18.5 Å². The van der Waals surface area contributed by atoms with Crippen LogP contribution in [-0.4, -0.2) is 40.6 Å². The average Bonchev–Trinajstić information content (AvgIpc) is 2.39. The lowest BCUT2D eigenvalue weighted by Crippen LogP contribution is -2.51. The van der Waals surface area contributed by atoms with Crippen LogP contribution < -0.4 is 0 Å². The second-order valence-corrected chi connectivity index (χ2v) is 7.13. The second kappa shape index (κ2) is 5.74. The molecule has 0 aromatic rings. The molecule has 2 heterocycles. The van der Waals surface area contributed by atoms with Crippen LogP contribution in [0.1, 0.15) is 52.9 Å². The Labute approximate surface area is 128 Å². The van der Waals surface area contributed by atoms with Gasteiger partial charge < -0.3 is 9.64 Å². The van der Waals surface area contributed by atoms with Gasteiger partial charge in [-0.3, -0.25) is 4.79 Å². The van der Waals surface area contributed by atoms with Crippen molar-refractivity contribution in [3.8, 4) is 0 Å². The number of amides is 1. The summed E-state index contributed by atoms with van der Waals surface area (Å²) in [6.07, 6.45) is -3.99. The summed E-state index contributed by atoms with van der Waals surface area (Å²) < 4.78 is 44.5. The van der Waals surface area contributed by atoms with Crippen LogP contribution in [0.5, 0.6) is 0 Å². The minimum Gasteiger partial charge on any atom is -0.444 e. The number of alkyl halides is 3. The highest BCUT2D eigenvalue weighted by molar-refractivity contribution is 5.84.